The van der Waals surface area contributed by atoms with E-state index in [9.17, 15) is 4.79 Å². The van der Waals surface area contributed by atoms with E-state index in [1.165, 1.54) is 11.1 Å². The van der Waals surface area contributed by atoms with Crippen molar-refractivity contribution in [3.63, 3.8) is 0 Å². The Morgan fingerprint density at radius 1 is 1.28 bits per heavy atom. The van der Waals surface area contributed by atoms with Gasteiger partial charge in [0, 0.05) is 31.0 Å². The molecule has 2 aromatic rings. The van der Waals surface area contributed by atoms with Gasteiger partial charge in [-0.15, -0.1) is 0 Å². The number of hydrogen-bond acceptors (Lipinski definition) is 4. The van der Waals surface area contributed by atoms with E-state index in [1.54, 1.807) is 0 Å². The highest BCUT2D eigenvalue weighted by Gasteiger charge is 2.36. The molecule has 0 N–H and O–H groups in total. The highest BCUT2D eigenvalue weighted by molar-refractivity contribution is 5.99. The van der Waals surface area contributed by atoms with E-state index in [4.69, 9.17) is 0 Å². The van der Waals surface area contributed by atoms with Crippen molar-refractivity contribution in [3.8, 4) is 0 Å². The number of carbonyl (C=O) groups excluding carboxylic acids is 1. The normalized spacial score (nSPS) is 20.9. The second-order valence-electron chi connectivity index (χ2n) is 7.18. The molecule has 0 bridgehead atoms. The van der Waals surface area contributed by atoms with Crippen LogP contribution in [0, 0.1) is 6.92 Å². The zero-order valence-electron chi connectivity index (χ0n) is 15.1. The molecule has 0 saturated heterocycles. The van der Waals surface area contributed by atoms with Gasteiger partial charge in [-0.3, -0.25) is 9.69 Å². The Balaban J connectivity index is 1.55. The second kappa shape index (κ2) is 6.23. The van der Waals surface area contributed by atoms with Gasteiger partial charge in [0.05, 0.1) is 11.7 Å². The molecule has 0 saturated carbocycles. The molecule has 2 atom stereocenters. The third kappa shape index (κ3) is 2.82. The maximum absolute atomic E-state index is 13.2. The van der Waals surface area contributed by atoms with Gasteiger partial charge in [0.25, 0.3) is 0 Å². The van der Waals surface area contributed by atoms with E-state index >= 15 is 0 Å². The van der Waals surface area contributed by atoms with E-state index in [2.05, 4.69) is 33.9 Å². The van der Waals surface area contributed by atoms with E-state index in [0.29, 0.717) is 0 Å². The summed E-state index contributed by atoms with van der Waals surface area (Å²) in [6.45, 7) is 7.66. The number of aromatic nitrogens is 2. The fourth-order valence-electron chi connectivity index (χ4n) is 4.01. The Morgan fingerprint density at radius 2 is 2.08 bits per heavy atom. The van der Waals surface area contributed by atoms with Gasteiger partial charge < -0.3 is 4.90 Å². The van der Waals surface area contributed by atoms with Gasteiger partial charge in [-0.1, -0.05) is 18.2 Å². The smallest absolute Gasteiger partial charge is 0.244 e. The molecule has 1 aromatic heterocycles. The SMILES string of the molecule is Cc1ncc2c(n1)CN([C@@H](C)C(=O)N1c3ccccc3C[C@H]1C)CC2. The number of carbonyl (C=O) groups is 1. The monoisotopic (exact) mass is 336 g/mol. The standard InChI is InChI=1S/C20H24N4O/c1-13-10-16-6-4-5-7-19(16)24(13)20(25)14(2)23-9-8-17-11-21-15(3)22-18(17)12-23/h4-7,11,13-14H,8-10,12H2,1-3H3/t13-,14+/m1/s1. The molecule has 5 heteroatoms. The van der Waals surface area contributed by atoms with Crippen LogP contribution in [-0.4, -0.2) is 39.4 Å². The minimum atomic E-state index is -0.156. The third-order valence-electron chi connectivity index (χ3n) is 5.45. The molecule has 2 aliphatic heterocycles. The molecule has 1 amide bonds. The van der Waals surface area contributed by atoms with Crippen LogP contribution in [0.15, 0.2) is 30.5 Å². The number of aryl methyl sites for hydroxylation is 1. The lowest BCUT2D eigenvalue weighted by Gasteiger charge is -2.35. The zero-order valence-corrected chi connectivity index (χ0v) is 15.1. The molecule has 0 unspecified atom stereocenters. The van der Waals surface area contributed by atoms with E-state index in [1.807, 2.05) is 37.1 Å². The molecule has 130 valence electrons. The van der Waals surface area contributed by atoms with Crippen LogP contribution in [0.3, 0.4) is 0 Å². The topological polar surface area (TPSA) is 49.3 Å². The first-order valence-corrected chi connectivity index (χ1v) is 9.01. The van der Waals surface area contributed by atoms with Crippen LogP contribution in [0.5, 0.6) is 0 Å². The summed E-state index contributed by atoms with van der Waals surface area (Å²) in [5, 5.41) is 0. The number of nitrogens with zero attached hydrogens (tertiary/aromatic N) is 4. The summed E-state index contributed by atoms with van der Waals surface area (Å²) >= 11 is 0. The summed E-state index contributed by atoms with van der Waals surface area (Å²) in [5.74, 6) is 0.980. The van der Waals surface area contributed by atoms with Crippen molar-refractivity contribution in [1.29, 1.82) is 0 Å². The number of amides is 1. The van der Waals surface area contributed by atoms with Gasteiger partial charge in [0.15, 0.2) is 0 Å². The summed E-state index contributed by atoms with van der Waals surface area (Å²) < 4.78 is 0. The van der Waals surface area contributed by atoms with Crippen molar-refractivity contribution in [2.24, 2.45) is 0 Å². The van der Waals surface area contributed by atoms with Crippen molar-refractivity contribution in [2.45, 2.75) is 52.2 Å². The predicted octanol–water partition coefficient (Wildman–Crippen LogP) is 2.51. The lowest BCUT2D eigenvalue weighted by Crippen LogP contribution is -2.50. The molecule has 0 fully saturated rings. The van der Waals surface area contributed by atoms with Crippen LogP contribution < -0.4 is 4.90 Å². The first-order chi connectivity index (χ1) is 12.0. The number of benzene rings is 1. The van der Waals surface area contributed by atoms with Crippen LogP contribution >= 0.6 is 0 Å². The number of hydrogen-bond donors (Lipinski definition) is 0. The maximum Gasteiger partial charge on any atom is 0.244 e. The summed E-state index contributed by atoms with van der Waals surface area (Å²) in [7, 11) is 0. The molecule has 25 heavy (non-hydrogen) atoms. The number of anilines is 1. The Hall–Kier alpha value is -2.27. The van der Waals surface area contributed by atoms with Crippen molar-refractivity contribution >= 4 is 11.6 Å². The molecular formula is C20H24N4O. The van der Waals surface area contributed by atoms with Gasteiger partial charge in [0.1, 0.15) is 5.82 Å². The molecule has 2 aliphatic rings. The zero-order chi connectivity index (χ0) is 17.6. The van der Waals surface area contributed by atoms with Crippen LogP contribution in [0.1, 0.15) is 36.5 Å². The molecule has 4 rings (SSSR count). The molecule has 0 spiro atoms. The largest absolute Gasteiger partial charge is 0.308 e. The van der Waals surface area contributed by atoms with Crippen molar-refractivity contribution < 1.29 is 4.79 Å². The highest BCUT2D eigenvalue weighted by Crippen LogP contribution is 2.33. The van der Waals surface area contributed by atoms with Crippen molar-refractivity contribution in [1.82, 2.24) is 14.9 Å². The Bertz CT molecular complexity index is 819. The summed E-state index contributed by atoms with van der Waals surface area (Å²) in [6.07, 6.45) is 3.77. The first-order valence-electron chi connectivity index (χ1n) is 9.01. The quantitative estimate of drug-likeness (QED) is 0.845. The second-order valence-corrected chi connectivity index (χ2v) is 7.18. The minimum absolute atomic E-state index is 0.156. The van der Waals surface area contributed by atoms with Gasteiger partial charge in [-0.25, -0.2) is 9.97 Å². The lowest BCUT2D eigenvalue weighted by atomic mass is 10.0. The maximum atomic E-state index is 13.2. The molecule has 3 heterocycles. The third-order valence-corrected chi connectivity index (χ3v) is 5.45. The van der Waals surface area contributed by atoms with E-state index < -0.39 is 0 Å². The van der Waals surface area contributed by atoms with Crippen molar-refractivity contribution in [2.75, 3.05) is 11.4 Å². The molecule has 5 nitrogen and oxygen atoms in total. The average Bonchev–Trinajstić information content (AvgIpc) is 2.95. The van der Waals surface area contributed by atoms with E-state index in [0.717, 1.165) is 43.1 Å². The highest BCUT2D eigenvalue weighted by atomic mass is 16.2. The van der Waals surface area contributed by atoms with Crippen LogP contribution in [-0.2, 0) is 24.2 Å². The summed E-state index contributed by atoms with van der Waals surface area (Å²) in [5.41, 5.74) is 4.61. The van der Waals surface area contributed by atoms with Crippen LogP contribution in [0.25, 0.3) is 0 Å². The predicted molar refractivity (Wildman–Crippen MR) is 97.4 cm³/mol. The number of para-hydroxylation sites is 1. The molecule has 1 aromatic carbocycles. The van der Waals surface area contributed by atoms with Crippen LogP contribution in [0.4, 0.5) is 5.69 Å². The minimum Gasteiger partial charge on any atom is -0.308 e. The lowest BCUT2D eigenvalue weighted by molar-refractivity contribution is -0.123. The molecule has 0 aliphatic carbocycles. The van der Waals surface area contributed by atoms with Gasteiger partial charge in [-0.05, 0) is 50.8 Å². The fourth-order valence-corrected chi connectivity index (χ4v) is 4.01. The Morgan fingerprint density at radius 3 is 2.92 bits per heavy atom. The van der Waals surface area contributed by atoms with E-state index in [-0.39, 0.29) is 18.0 Å². The summed E-state index contributed by atoms with van der Waals surface area (Å²) in [6, 6.07) is 8.31. The van der Waals surface area contributed by atoms with Gasteiger partial charge in [0.2, 0.25) is 5.91 Å². The molecular weight excluding hydrogens is 312 g/mol. The Labute approximate surface area is 148 Å². The fraction of sp³-hybridized carbons (Fsp3) is 0.450. The van der Waals surface area contributed by atoms with Gasteiger partial charge >= 0.3 is 0 Å². The van der Waals surface area contributed by atoms with Crippen LogP contribution in [0.2, 0.25) is 0 Å². The number of rotatable bonds is 2. The molecule has 0 radical (unpaired) electrons. The Kier molecular flexibility index (Phi) is 4.04. The van der Waals surface area contributed by atoms with Crippen molar-refractivity contribution in [3.05, 3.63) is 53.1 Å². The summed E-state index contributed by atoms with van der Waals surface area (Å²) in [4.78, 5) is 26.3. The van der Waals surface area contributed by atoms with Gasteiger partial charge in [-0.2, -0.15) is 0 Å². The first kappa shape index (κ1) is 16.2. The number of fused-ring (bicyclic) bond motifs is 2. The average molecular weight is 336 g/mol.